The predicted octanol–water partition coefficient (Wildman–Crippen LogP) is 6.19. The summed E-state index contributed by atoms with van der Waals surface area (Å²) in [5.41, 5.74) is 2.24. The molecule has 0 aliphatic rings. The van der Waals surface area contributed by atoms with Crippen LogP contribution in [0.1, 0.15) is 15.9 Å². The fourth-order valence-electron chi connectivity index (χ4n) is 3.25. The van der Waals surface area contributed by atoms with E-state index in [1.54, 1.807) is 54.6 Å². The van der Waals surface area contributed by atoms with Crippen molar-refractivity contribution in [2.24, 2.45) is 0 Å². The minimum atomic E-state index is -0.535. The number of ether oxygens (including phenoxy) is 1. The van der Waals surface area contributed by atoms with E-state index in [4.69, 9.17) is 4.74 Å². The van der Waals surface area contributed by atoms with Gasteiger partial charge in [0.25, 0.3) is 11.4 Å². The first-order valence-corrected chi connectivity index (χ1v) is 9.83. The summed E-state index contributed by atoms with van der Waals surface area (Å²) >= 11 is 0. The summed E-state index contributed by atoms with van der Waals surface area (Å²) in [6.07, 6.45) is 0. The molecule has 0 radical (unpaired) electrons. The van der Waals surface area contributed by atoms with E-state index >= 15 is 0 Å². The highest BCUT2D eigenvalue weighted by Crippen LogP contribution is 2.28. The van der Waals surface area contributed by atoms with Crippen LogP contribution in [-0.4, -0.2) is 15.6 Å². The maximum absolute atomic E-state index is 12.7. The van der Waals surface area contributed by atoms with Gasteiger partial charge >= 0.3 is 0 Å². The van der Waals surface area contributed by atoms with Gasteiger partial charge in [0.2, 0.25) is 0 Å². The van der Waals surface area contributed by atoms with Gasteiger partial charge in [0, 0.05) is 29.3 Å². The lowest BCUT2D eigenvalue weighted by molar-refractivity contribution is -0.385. The lowest BCUT2D eigenvalue weighted by Gasteiger charge is -2.08. The summed E-state index contributed by atoms with van der Waals surface area (Å²) in [5.74, 6) is 0.587. The van der Waals surface area contributed by atoms with Crippen LogP contribution in [0.5, 0.6) is 11.5 Å². The molecular weight excluding hydrogens is 424 g/mol. The lowest BCUT2D eigenvalue weighted by atomic mass is 9.99. The van der Waals surface area contributed by atoms with E-state index in [1.807, 2.05) is 12.1 Å². The molecule has 0 aliphatic heterocycles. The molecule has 8 nitrogen and oxygen atoms in total. The molecule has 0 unspecified atom stereocenters. The van der Waals surface area contributed by atoms with Gasteiger partial charge in [0.15, 0.2) is 5.78 Å². The Kier molecular flexibility index (Phi) is 5.90. The standard InChI is InChI=1S/C25H16N2O6/c28-25(20-3-1-4-21(15-20)26(29)30)19-9-7-17(8-10-19)18-11-13-23(14-12-18)33-24-6-2-5-22(16-24)27(31)32/h1-16H. The van der Waals surface area contributed by atoms with Gasteiger partial charge in [-0.05, 0) is 29.3 Å². The number of carbonyl (C=O) groups is 1. The Hall–Kier alpha value is -4.85. The normalized spacial score (nSPS) is 10.4. The highest BCUT2D eigenvalue weighted by molar-refractivity contribution is 6.09. The highest BCUT2D eigenvalue weighted by atomic mass is 16.6. The fourth-order valence-corrected chi connectivity index (χ4v) is 3.25. The molecule has 4 aromatic carbocycles. The van der Waals surface area contributed by atoms with E-state index < -0.39 is 9.85 Å². The summed E-state index contributed by atoms with van der Waals surface area (Å²) in [6, 6.07) is 25.7. The second-order valence-electron chi connectivity index (χ2n) is 7.09. The van der Waals surface area contributed by atoms with Crippen LogP contribution in [0.4, 0.5) is 11.4 Å². The minimum absolute atomic E-state index is 0.0520. The Morgan fingerprint density at radius 1 is 0.606 bits per heavy atom. The Balaban J connectivity index is 1.48. The molecule has 4 rings (SSSR count). The molecule has 162 valence electrons. The molecule has 8 heteroatoms. The molecule has 0 aromatic heterocycles. The van der Waals surface area contributed by atoms with Gasteiger partial charge in [0.05, 0.1) is 15.9 Å². The summed E-state index contributed by atoms with van der Waals surface area (Å²) in [6.45, 7) is 0. The van der Waals surface area contributed by atoms with Crippen molar-refractivity contribution in [3.05, 3.63) is 128 Å². The van der Waals surface area contributed by atoms with E-state index in [1.165, 1.54) is 30.3 Å². The molecule has 0 bridgehead atoms. The Bertz CT molecular complexity index is 1350. The largest absolute Gasteiger partial charge is 0.457 e. The molecule has 0 amide bonds. The number of ketones is 1. The van der Waals surface area contributed by atoms with Crippen molar-refractivity contribution in [2.75, 3.05) is 0 Å². The number of nitrogens with zero attached hydrogens (tertiary/aromatic N) is 2. The van der Waals surface area contributed by atoms with Crippen LogP contribution in [0.2, 0.25) is 0 Å². The zero-order valence-electron chi connectivity index (χ0n) is 17.1. The first-order chi connectivity index (χ1) is 15.9. The van der Waals surface area contributed by atoms with Crippen LogP contribution in [-0.2, 0) is 0 Å². The molecule has 0 atom stereocenters. The molecule has 4 aromatic rings. The van der Waals surface area contributed by atoms with Crippen LogP contribution in [0.25, 0.3) is 11.1 Å². The summed E-state index contributed by atoms with van der Waals surface area (Å²) in [5, 5.41) is 21.8. The lowest BCUT2D eigenvalue weighted by Crippen LogP contribution is -2.02. The first kappa shape index (κ1) is 21.4. The number of rotatable bonds is 7. The van der Waals surface area contributed by atoms with Gasteiger partial charge in [0.1, 0.15) is 11.5 Å². The highest BCUT2D eigenvalue weighted by Gasteiger charge is 2.14. The van der Waals surface area contributed by atoms with E-state index in [9.17, 15) is 25.0 Å². The topological polar surface area (TPSA) is 113 Å². The SMILES string of the molecule is O=C(c1ccc(-c2ccc(Oc3cccc([N+](=O)[O-])c3)cc2)cc1)c1cccc([N+](=O)[O-])c1. The second-order valence-corrected chi connectivity index (χ2v) is 7.09. The van der Waals surface area contributed by atoms with Crippen LogP contribution < -0.4 is 4.74 Å². The van der Waals surface area contributed by atoms with E-state index in [0.717, 1.165) is 11.1 Å². The van der Waals surface area contributed by atoms with Gasteiger partial charge in [-0.25, -0.2) is 0 Å². The zero-order valence-corrected chi connectivity index (χ0v) is 17.1. The van der Waals surface area contributed by atoms with Crippen molar-refractivity contribution in [3.8, 4) is 22.6 Å². The minimum Gasteiger partial charge on any atom is -0.457 e. The predicted molar refractivity (Wildman–Crippen MR) is 122 cm³/mol. The Morgan fingerprint density at radius 2 is 1.15 bits per heavy atom. The molecule has 0 spiro atoms. The summed E-state index contributed by atoms with van der Waals surface area (Å²) in [4.78, 5) is 33.5. The Labute approximate surface area is 188 Å². The average Bonchev–Trinajstić information content (AvgIpc) is 2.84. The third-order valence-electron chi connectivity index (χ3n) is 4.92. The summed E-state index contributed by atoms with van der Waals surface area (Å²) in [7, 11) is 0. The number of carbonyl (C=O) groups excluding carboxylic acids is 1. The number of hydrogen-bond acceptors (Lipinski definition) is 6. The number of benzene rings is 4. The molecule has 33 heavy (non-hydrogen) atoms. The van der Waals surface area contributed by atoms with Crippen molar-refractivity contribution in [1.82, 2.24) is 0 Å². The quantitative estimate of drug-likeness (QED) is 0.192. The molecule has 0 N–H and O–H groups in total. The number of hydrogen-bond donors (Lipinski definition) is 0. The Morgan fingerprint density at radius 3 is 1.76 bits per heavy atom. The van der Waals surface area contributed by atoms with Crippen LogP contribution in [0, 0.1) is 20.2 Å². The molecule has 0 aliphatic carbocycles. The second kappa shape index (κ2) is 9.11. The number of nitro benzene ring substituents is 2. The molecular formula is C25H16N2O6. The maximum atomic E-state index is 12.7. The van der Waals surface area contributed by atoms with Gasteiger partial charge < -0.3 is 4.74 Å². The van der Waals surface area contributed by atoms with Gasteiger partial charge in [-0.2, -0.15) is 0 Å². The van der Waals surface area contributed by atoms with Gasteiger partial charge in [-0.1, -0.05) is 54.6 Å². The third-order valence-corrected chi connectivity index (χ3v) is 4.92. The summed E-state index contributed by atoms with van der Waals surface area (Å²) < 4.78 is 5.69. The molecule has 0 heterocycles. The van der Waals surface area contributed by atoms with Gasteiger partial charge in [-0.3, -0.25) is 25.0 Å². The zero-order chi connectivity index (χ0) is 23.4. The average molecular weight is 440 g/mol. The van der Waals surface area contributed by atoms with Crippen molar-refractivity contribution < 1.29 is 19.4 Å². The van der Waals surface area contributed by atoms with Crippen molar-refractivity contribution in [2.45, 2.75) is 0 Å². The van der Waals surface area contributed by atoms with Gasteiger partial charge in [-0.15, -0.1) is 0 Å². The van der Waals surface area contributed by atoms with Crippen LogP contribution >= 0.6 is 0 Å². The van der Waals surface area contributed by atoms with Crippen molar-refractivity contribution in [3.63, 3.8) is 0 Å². The van der Waals surface area contributed by atoms with E-state index in [0.29, 0.717) is 17.1 Å². The first-order valence-electron chi connectivity index (χ1n) is 9.83. The maximum Gasteiger partial charge on any atom is 0.273 e. The molecule has 0 fully saturated rings. The van der Waals surface area contributed by atoms with E-state index in [-0.39, 0.29) is 22.7 Å². The van der Waals surface area contributed by atoms with Crippen LogP contribution in [0.3, 0.4) is 0 Å². The fraction of sp³-hybridized carbons (Fsp3) is 0. The number of non-ortho nitro benzene ring substituents is 2. The van der Waals surface area contributed by atoms with E-state index in [2.05, 4.69) is 0 Å². The number of nitro groups is 2. The van der Waals surface area contributed by atoms with Crippen molar-refractivity contribution in [1.29, 1.82) is 0 Å². The molecule has 0 saturated carbocycles. The monoisotopic (exact) mass is 440 g/mol. The van der Waals surface area contributed by atoms with Crippen molar-refractivity contribution >= 4 is 17.2 Å². The van der Waals surface area contributed by atoms with Crippen LogP contribution in [0.15, 0.2) is 97.1 Å². The third kappa shape index (κ3) is 4.91. The molecule has 0 saturated heterocycles. The smallest absolute Gasteiger partial charge is 0.273 e.